The quantitative estimate of drug-likeness (QED) is 0.541. The number of nitrogens with zero attached hydrogens (tertiary/aromatic N) is 2. The molecule has 0 aliphatic heterocycles. The molecule has 0 radical (unpaired) electrons. The lowest BCUT2D eigenvalue weighted by atomic mass is 10.6. The molecule has 0 bridgehead atoms. The number of hydrogen-bond acceptors (Lipinski definition) is 4. The van der Waals surface area contributed by atoms with Crippen molar-refractivity contribution < 1.29 is 4.74 Å². The average Bonchev–Trinajstić information content (AvgIpc) is 1.96. The third-order valence-electron chi connectivity index (χ3n) is 1.11. The minimum absolute atomic E-state index is 0.317. The zero-order chi connectivity index (χ0) is 8.43. The number of aromatic nitrogens is 2. The molecule has 0 aliphatic rings. The summed E-state index contributed by atoms with van der Waals surface area (Å²) in [6.07, 6.45) is 0. The van der Waals surface area contributed by atoms with Crippen molar-refractivity contribution in [1.82, 2.24) is 9.97 Å². The second kappa shape index (κ2) is 3.28. The molecule has 0 N–H and O–H groups in total. The highest BCUT2D eigenvalue weighted by Crippen LogP contribution is 2.25. The van der Waals surface area contributed by atoms with Crippen LogP contribution in [0.3, 0.4) is 0 Å². The first kappa shape index (κ1) is 8.62. The van der Waals surface area contributed by atoms with Crippen LogP contribution in [-0.4, -0.2) is 17.1 Å². The molecule has 0 saturated carbocycles. The van der Waals surface area contributed by atoms with Crippen LogP contribution in [0, 0.1) is 6.92 Å². The summed E-state index contributed by atoms with van der Waals surface area (Å²) in [5, 5.41) is 0.317. The second-order valence-electron chi connectivity index (χ2n) is 1.92. The summed E-state index contributed by atoms with van der Waals surface area (Å²) in [5.41, 5.74) is 0. The standard InChI is InChI=1S/C6H7ClN2OS/c1-3-8-5(7)4(11)6(9-3)10-2/h11H,1-2H3. The first-order chi connectivity index (χ1) is 5.15. The van der Waals surface area contributed by atoms with Crippen LogP contribution < -0.4 is 4.74 Å². The number of hydrogen-bond donors (Lipinski definition) is 1. The number of halogens is 1. The first-order valence-corrected chi connectivity index (χ1v) is 3.74. The van der Waals surface area contributed by atoms with Crippen molar-refractivity contribution in [3.05, 3.63) is 11.0 Å². The van der Waals surface area contributed by atoms with E-state index in [2.05, 4.69) is 22.6 Å². The van der Waals surface area contributed by atoms with Gasteiger partial charge in [-0.2, -0.15) is 4.98 Å². The molecule has 1 aromatic rings. The van der Waals surface area contributed by atoms with Crippen LogP contribution in [0.25, 0.3) is 0 Å². The number of thiol groups is 1. The lowest BCUT2D eigenvalue weighted by Crippen LogP contribution is -1.95. The summed E-state index contributed by atoms with van der Waals surface area (Å²) in [7, 11) is 1.51. The fraction of sp³-hybridized carbons (Fsp3) is 0.333. The van der Waals surface area contributed by atoms with E-state index in [0.717, 1.165) is 0 Å². The van der Waals surface area contributed by atoms with Crippen molar-refractivity contribution in [2.75, 3.05) is 7.11 Å². The van der Waals surface area contributed by atoms with Crippen molar-refractivity contribution in [3.8, 4) is 5.88 Å². The van der Waals surface area contributed by atoms with E-state index in [4.69, 9.17) is 16.3 Å². The van der Waals surface area contributed by atoms with Gasteiger partial charge in [0.25, 0.3) is 0 Å². The summed E-state index contributed by atoms with van der Waals surface area (Å²) >= 11 is 9.75. The van der Waals surface area contributed by atoms with E-state index in [1.165, 1.54) is 7.11 Å². The van der Waals surface area contributed by atoms with E-state index in [9.17, 15) is 0 Å². The molecular weight excluding hydrogens is 184 g/mol. The third kappa shape index (κ3) is 1.75. The maximum atomic E-state index is 5.69. The van der Waals surface area contributed by atoms with Crippen molar-refractivity contribution in [2.24, 2.45) is 0 Å². The SMILES string of the molecule is COc1nc(C)nc(Cl)c1S. The Balaban J connectivity index is 3.24. The molecule has 0 saturated heterocycles. The molecule has 1 rings (SSSR count). The molecule has 0 spiro atoms. The highest BCUT2D eigenvalue weighted by molar-refractivity contribution is 7.80. The Morgan fingerprint density at radius 1 is 1.45 bits per heavy atom. The van der Waals surface area contributed by atoms with E-state index in [1.807, 2.05) is 0 Å². The van der Waals surface area contributed by atoms with Crippen LogP contribution in [0.4, 0.5) is 0 Å². The maximum absolute atomic E-state index is 5.69. The maximum Gasteiger partial charge on any atom is 0.231 e. The van der Waals surface area contributed by atoms with Crippen LogP contribution >= 0.6 is 24.2 Å². The number of aryl methyl sites for hydroxylation is 1. The van der Waals surface area contributed by atoms with Gasteiger partial charge in [-0.05, 0) is 6.92 Å². The number of methoxy groups -OCH3 is 1. The van der Waals surface area contributed by atoms with Crippen LogP contribution in [0.15, 0.2) is 4.90 Å². The van der Waals surface area contributed by atoms with E-state index in [-0.39, 0.29) is 0 Å². The van der Waals surface area contributed by atoms with Gasteiger partial charge in [0.05, 0.1) is 7.11 Å². The molecule has 0 fully saturated rings. The average molecular weight is 191 g/mol. The van der Waals surface area contributed by atoms with Crippen LogP contribution in [0.5, 0.6) is 5.88 Å². The van der Waals surface area contributed by atoms with Gasteiger partial charge in [0, 0.05) is 0 Å². The van der Waals surface area contributed by atoms with Gasteiger partial charge in [0.2, 0.25) is 5.88 Å². The lowest BCUT2D eigenvalue weighted by Gasteiger charge is -2.03. The van der Waals surface area contributed by atoms with Gasteiger partial charge in [0.15, 0.2) is 0 Å². The minimum atomic E-state index is 0.317. The van der Waals surface area contributed by atoms with Gasteiger partial charge in [-0.25, -0.2) is 4.98 Å². The fourth-order valence-corrected chi connectivity index (χ4v) is 1.04. The third-order valence-corrected chi connectivity index (χ3v) is 1.92. The Morgan fingerprint density at radius 3 is 2.64 bits per heavy atom. The Morgan fingerprint density at radius 2 is 2.09 bits per heavy atom. The molecular formula is C6H7ClN2OS. The van der Waals surface area contributed by atoms with Crippen molar-refractivity contribution in [1.29, 1.82) is 0 Å². The van der Waals surface area contributed by atoms with E-state index in [0.29, 0.717) is 21.8 Å². The van der Waals surface area contributed by atoms with Crippen LogP contribution in [-0.2, 0) is 0 Å². The topological polar surface area (TPSA) is 35.0 Å². The molecule has 0 aromatic carbocycles. The number of ether oxygens (including phenoxy) is 1. The smallest absolute Gasteiger partial charge is 0.231 e. The Hall–Kier alpha value is -0.480. The summed E-state index contributed by atoms with van der Waals surface area (Å²) in [6.45, 7) is 1.74. The van der Waals surface area contributed by atoms with Crippen molar-refractivity contribution in [2.45, 2.75) is 11.8 Å². The monoisotopic (exact) mass is 190 g/mol. The van der Waals surface area contributed by atoms with Crippen LogP contribution in [0.1, 0.15) is 5.82 Å². The van der Waals surface area contributed by atoms with Gasteiger partial charge in [-0.3, -0.25) is 0 Å². The summed E-state index contributed by atoms with van der Waals surface area (Å²) in [4.78, 5) is 8.31. The summed E-state index contributed by atoms with van der Waals surface area (Å²) in [6, 6.07) is 0. The summed E-state index contributed by atoms with van der Waals surface area (Å²) < 4.78 is 4.89. The van der Waals surface area contributed by atoms with E-state index >= 15 is 0 Å². The molecule has 1 aromatic heterocycles. The molecule has 0 unspecified atom stereocenters. The zero-order valence-corrected chi connectivity index (χ0v) is 7.78. The molecule has 11 heavy (non-hydrogen) atoms. The van der Waals surface area contributed by atoms with E-state index < -0.39 is 0 Å². The highest BCUT2D eigenvalue weighted by Gasteiger charge is 2.07. The Kier molecular flexibility index (Phi) is 2.57. The van der Waals surface area contributed by atoms with Gasteiger partial charge < -0.3 is 4.74 Å². The van der Waals surface area contributed by atoms with Crippen molar-refractivity contribution in [3.63, 3.8) is 0 Å². The predicted molar refractivity (Wildman–Crippen MR) is 45.6 cm³/mol. The zero-order valence-electron chi connectivity index (χ0n) is 6.13. The number of rotatable bonds is 1. The first-order valence-electron chi connectivity index (χ1n) is 2.92. The normalized spacial score (nSPS) is 9.82. The van der Waals surface area contributed by atoms with Gasteiger partial charge in [-0.15, -0.1) is 12.6 Å². The highest BCUT2D eigenvalue weighted by atomic mass is 35.5. The molecule has 0 aliphatic carbocycles. The summed E-state index contributed by atoms with van der Waals surface area (Å²) in [5.74, 6) is 0.982. The second-order valence-corrected chi connectivity index (χ2v) is 2.72. The Bertz CT molecular complexity index is 280. The van der Waals surface area contributed by atoms with Gasteiger partial charge in [-0.1, -0.05) is 11.6 Å². The fourth-order valence-electron chi connectivity index (χ4n) is 0.650. The predicted octanol–water partition coefficient (Wildman–Crippen LogP) is 1.74. The minimum Gasteiger partial charge on any atom is -0.480 e. The lowest BCUT2D eigenvalue weighted by molar-refractivity contribution is 0.384. The Labute approximate surface area is 75.2 Å². The van der Waals surface area contributed by atoms with Crippen LogP contribution in [0.2, 0.25) is 5.15 Å². The van der Waals surface area contributed by atoms with Gasteiger partial charge in [0.1, 0.15) is 15.9 Å². The van der Waals surface area contributed by atoms with E-state index in [1.54, 1.807) is 6.92 Å². The molecule has 1 heterocycles. The molecule has 60 valence electrons. The van der Waals surface area contributed by atoms with Gasteiger partial charge >= 0.3 is 0 Å². The van der Waals surface area contributed by atoms with Crippen molar-refractivity contribution >= 4 is 24.2 Å². The molecule has 5 heteroatoms. The molecule has 3 nitrogen and oxygen atoms in total. The molecule has 0 amide bonds. The molecule has 0 atom stereocenters. The largest absolute Gasteiger partial charge is 0.480 e.